The molecule has 1 aromatic rings. The van der Waals surface area contributed by atoms with Crippen LogP contribution in [0.3, 0.4) is 0 Å². The van der Waals surface area contributed by atoms with Gasteiger partial charge in [-0.05, 0) is 30.9 Å². The molecule has 1 fully saturated rings. The van der Waals surface area contributed by atoms with Crippen LogP contribution in [0.25, 0.3) is 0 Å². The van der Waals surface area contributed by atoms with Crippen molar-refractivity contribution in [3.8, 4) is 5.75 Å². The van der Waals surface area contributed by atoms with Crippen LogP contribution < -0.4 is 10.1 Å². The zero-order valence-corrected chi connectivity index (χ0v) is 11.4. The van der Waals surface area contributed by atoms with Crippen molar-refractivity contribution in [3.05, 3.63) is 30.3 Å². The molecule has 0 aromatic heterocycles. The first kappa shape index (κ1) is 13.9. The van der Waals surface area contributed by atoms with E-state index in [0.717, 1.165) is 12.3 Å². The Kier molecular flexibility index (Phi) is 5.73. The summed E-state index contributed by atoms with van der Waals surface area (Å²) in [6.45, 7) is 0.710. The van der Waals surface area contributed by atoms with E-state index >= 15 is 0 Å². The van der Waals surface area contributed by atoms with E-state index in [9.17, 15) is 4.79 Å². The smallest absolute Gasteiger partial charge is 0.410 e. The standard InChI is InChI=1S/C16H23NO2/c18-16(19-15-11-5-2-6-12-15)17-13-7-10-14-8-3-1-4-9-14/h2,5-6,11-12,14H,1,3-4,7-10,13H2,(H,17,18). The van der Waals surface area contributed by atoms with Crippen LogP contribution in [0.5, 0.6) is 5.75 Å². The average molecular weight is 261 g/mol. The van der Waals surface area contributed by atoms with Gasteiger partial charge in [0.25, 0.3) is 0 Å². The monoisotopic (exact) mass is 261 g/mol. The quantitative estimate of drug-likeness (QED) is 0.809. The van der Waals surface area contributed by atoms with Crippen molar-refractivity contribution < 1.29 is 9.53 Å². The van der Waals surface area contributed by atoms with Crippen LogP contribution in [0, 0.1) is 5.92 Å². The molecule has 1 amide bonds. The summed E-state index contributed by atoms with van der Waals surface area (Å²) in [6, 6.07) is 9.16. The van der Waals surface area contributed by atoms with Gasteiger partial charge in [-0.1, -0.05) is 50.3 Å². The van der Waals surface area contributed by atoms with Crippen molar-refractivity contribution in [1.82, 2.24) is 5.32 Å². The lowest BCUT2D eigenvalue weighted by Crippen LogP contribution is -2.28. The van der Waals surface area contributed by atoms with Crippen LogP contribution in [0.4, 0.5) is 4.79 Å². The minimum absolute atomic E-state index is 0.352. The predicted molar refractivity (Wildman–Crippen MR) is 76.3 cm³/mol. The zero-order valence-electron chi connectivity index (χ0n) is 11.4. The molecule has 3 nitrogen and oxygen atoms in total. The number of carbonyl (C=O) groups is 1. The maximum absolute atomic E-state index is 11.5. The molecule has 0 spiro atoms. The second kappa shape index (κ2) is 7.82. The van der Waals surface area contributed by atoms with Gasteiger partial charge in [-0.15, -0.1) is 0 Å². The van der Waals surface area contributed by atoms with E-state index in [0.29, 0.717) is 12.3 Å². The molecule has 2 rings (SSSR count). The van der Waals surface area contributed by atoms with Gasteiger partial charge in [-0.3, -0.25) is 0 Å². The third-order valence-corrected chi connectivity index (χ3v) is 3.74. The molecule has 3 heteroatoms. The Hall–Kier alpha value is -1.51. The van der Waals surface area contributed by atoms with Crippen LogP contribution >= 0.6 is 0 Å². The fourth-order valence-electron chi connectivity index (χ4n) is 2.69. The van der Waals surface area contributed by atoms with Gasteiger partial charge >= 0.3 is 6.09 Å². The van der Waals surface area contributed by atoms with Gasteiger partial charge in [0, 0.05) is 6.54 Å². The molecule has 0 saturated heterocycles. The molecule has 104 valence electrons. The van der Waals surface area contributed by atoms with Crippen molar-refractivity contribution in [1.29, 1.82) is 0 Å². The first-order valence-corrected chi connectivity index (χ1v) is 7.35. The van der Waals surface area contributed by atoms with E-state index in [1.807, 2.05) is 18.2 Å². The molecule has 0 atom stereocenters. The number of benzene rings is 1. The molecular formula is C16H23NO2. The Bertz CT molecular complexity index is 372. The van der Waals surface area contributed by atoms with Crippen molar-refractivity contribution in [2.75, 3.05) is 6.54 Å². The summed E-state index contributed by atoms with van der Waals surface area (Å²) in [4.78, 5) is 11.5. The molecule has 0 bridgehead atoms. The van der Waals surface area contributed by atoms with Crippen LogP contribution in [0.15, 0.2) is 30.3 Å². The third kappa shape index (κ3) is 5.33. The Balaban J connectivity index is 1.56. The molecule has 0 radical (unpaired) electrons. The fraction of sp³-hybridized carbons (Fsp3) is 0.562. The summed E-state index contributed by atoms with van der Waals surface area (Å²) in [5, 5.41) is 2.81. The summed E-state index contributed by atoms with van der Waals surface area (Å²) >= 11 is 0. The van der Waals surface area contributed by atoms with E-state index in [-0.39, 0.29) is 6.09 Å². The molecular weight excluding hydrogens is 238 g/mol. The van der Waals surface area contributed by atoms with Gasteiger partial charge in [0.1, 0.15) is 5.75 Å². The highest BCUT2D eigenvalue weighted by Gasteiger charge is 2.12. The molecule has 1 aliphatic rings. The molecule has 0 unspecified atom stereocenters. The summed E-state index contributed by atoms with van der Waals surface area (Å²) < 4.78 is 5.16. The van der Waals surface area contributed by atoms with Crippen LogP contribution in [0.2, 0.25) is 0 Å². The Morgan fingerprint density at radius 3 is 2.63 bits per heavy atom. The maximum atomic E-state index is 11.5. The van der Waals surface area contributed by atoms with E-state index in [1.54, 1.807) is 12.1 Å². The minimum atomic E-state index is -0.352. The van der Waals surface area contributed by atoms with Crippen molar-refractivity contribution >= 4 is 6.09 Å². The van der Waals surface area contributed by atoms with E-state index in [1.165, 1.54) is 38.5 Å². The third-order valence-electron chi connectivity index (χ3n) is 3.74. The second-order valence-electron chi connectivity index (χ2n) is 5.28. The van der Waals surface area contributed by atoms with Crippen molar-refractivity contribution in [2.45, 2.75) is 44.9 Å². The first-order valence-electron chi connectivity index (χ1n) is 7.35. The average Bonchev–Trinajstić information content (AvgIpc) is 2.46. The van der Waals surface area contributed by atoms with Gasteiger partial charge in [0.05, 0.1) is 0 Å². The summed E-state index contributed by atoms with van der Waals surface area (Å²) in [6.07, 6.45) is 8.83. The van der Waals surface area contributed by atoms with Crippen LogP contribution in [-0.2, 0) is 0 Å². The predicted octanol–water partition coefficient (Wildman–Crippen LogP) is 4.14. The number of carbonyl (C=O) groups excluding carboxylic acids is 1. The van der Waals surface area contributed by atoms with E-state index in [4.69, 9.17) is 4.74 Å². The number of rotatable bonds is 5. The molecule has 19 heavy (non-hydrogen) atoms. The molecule has 1 aromatic carbocycles. The zero-order chi connectivity index (χ0) is 13.3. The first-order chi connectivity index (χ1) is 9.34. The highest BCUT2D eigenvalue weighted by molar-refractivity contribution is 5.70. The Morgan fingerprint density at radius 2 is 1.89 bits per heavy atom. The largest absolute Gasteiger partial charge is 0.412 e. The van der Waals surface area contributed by atoms with E-state index in [2.05, 4.69) is 5.32 Å². The molecule has 1 saturated carbocycles. The highest BCUT2D eigenvalue weighted by atomic mass is 16.5. The Morgan fingerprint density at radius 1 is 1.16 bits per heavy atom. The van der Waals surface area contributed by atoms with E-state index < -0.39 is 0 Å². The fourth-order valence-corrected chi connectivity index (χ4v) is 2.69. The highest BCUT2D eigenvalue weighted by Crippen LogP contribution is 2.26. The van der Waals surface area contributed by atoms with Crippen LogP contribution in [0.1, 0.15) is 44.9 Å². The lowest BCUT2D eigenvalue weighted by atomic mass is 9.86. The topological polar surface area (TPSA) is 38.3 Å². The van der Waals surface area contributed by atoms with Gasteiger partial charge in [0.2, 0.25) is 0 Å². The summed E-state index contributed by atoms with van der Waals surface area (Å²) in [5.41, 5.74) is 0. The molecule has 0 aliphatic heterocycles. The lowest BCUT2D eigenvalue weighted by Gasteiger charge is -2.21. The number of ether oxygens (including phenoxy) is 1. The minimum Gasteiger partial charge on any atom is -0.410 e. The van der Waals surface area contributed by atoms with Crippen molar-refractivity contribution in [3.63, 3.8) is 0 Å². The normalized spacial score (nSPS) is 16.0. The Labute approximate surface area is 115 Å². The van der Waals surface area contributed by atoms with Gasteiger partial charge < -0.3 is 10.1 Å². The van der Waals surface area contributed by atoms with Gasteiger partial charge in [-0.25, -0.2) is 4.79 Å². The second-order valence-corrected chi connectivity index (χ2v) is 5.28. The summed E-state index contributed by atoms with van der Waals surface area (Å²) in [7, 11) is 0. The molecule has 0 heterocycles. The van der Waals surface area contributed by atoms with Crippen LogP contribution in [-0.4, -0.2) is 12.6 Å². The number of nitrogens with one attached hydrogen (secondary N) is 1. The number of hydrogen-bond donors (Lipinski definition) is 1. The number of hydrogen-bond acceptors (Lipinski definition) is 2. The molecule has 1 aliphatic carbocycles. The number of amides is 1. The SMILES string of the molecule is O=C(NCCCC1CCCCC1)Oc1ccccc1. The lowest BCUT2D eigenvalue weighted by molar-refractivity contribution is 0.199. The maximum Gasteiger partial charge on any atom is 0.412 e. The summed E-state index contributed by atoms with van der Waals surface area (Å²) in [5.74, 6) is 1.47. The van der Waals surface area contributed by atoms with Crippen molar-refractivity contribution in [2.24, 2.45) is 5.92 Å². The molecule has 1 N–H and O–H groups in total. The van der Waals surface area contributed by atoms with Gasteiger partial charge in [0.15, 0.2) is 0 Å². The number of para-hydroxylation sites is 1. The van der Waals surface area contributed by atoms with Gasteiger partial charge in [-0.2, -0.15) is 0 Å².